The summed E-state index contributed by atoms with van der Waals surface area (Å²) in [6, 6.07) is 10.8. The van der Waals surface area contributed by atoms with E-state index in [0.29, 0.717) is 9.22 Å². The van der Waals surface area contributed by atoms with E-state index in [-0.39, 0.29) is 23.0 Å². The van der Waals surface area contributed by atoms with Crippen LogP contribution in [0.25, 0.3) is 11.2 Å². The number of benzene rings is 1. The molecular formula is C15H12IN3O4S. The van der Waals surface area contributed by atoms with Crippen LogP contribution in [0.3, 0.4) is 0 Å². The molecule has 0 aliphatic carbocycles. The van der Waals surface area contributed by atoms with Gasteiger partial charge in [0.25, 0.3) is 0 Å². The van der Waals surface area contributed by atoms with E-state index in [0.717, 1.165) is 11.8 Å². The zero-order valence-corrected chi connectivity index (χ0v) is 15.5. The van der Waals surface area contributed by atoms with E-state index < -0.39 is 15.8 Å². The van der Waals surface area contributed by atoms with Crippen molar-refractivity contribution in [2.45, 2.75) is 11.8 Å². The van der Waals surface area contributed by atoms with Crippen molar-refractivity contribution in [1.82, 2.24) is 15.0 Å². The van der Waals surface area contributed by atoms with Crippen LogP contribution in [-0.2, 0) is 21.2 Å². The van der Waals surface area contributed by atoms with E-state index >= 15 is 0 Å². The van der Waals surface area contributed by atoms with Gasteiger partial charge in [-0.25, -0.2) is 18.2 Å². The van der Waals surface area contributed by atoms with Crippen molar-refractivity contribution < 1.29 is 17.9 Å². The first-order valence-electron chi connectivity index (χ1n) is 6.82. The van der Waals surface area contributed by atoms with Crippen LogP contribution >= 0.6 is 22.6 Å². The summed E-state index contributed by atoms with van der Waals surface area (Å²) < 4.78 is 28.8. The number of hydrogen-bond donors (Lipinski definition) is 1. The molecule has 0 aliphatic rings. The minimum absolute atomic E-state index is 0.144. The van der Waals surface area contributed by atoms with E-state index in [9.17, 15) is 13.2 Å². The van der Waals surface area contributed by atoms with Crippen molar-refractivity contribution in [2.75, 3.05) is 6.26 Å². The van der Waals surface area contributed by atoms with Crippen LogP contribution in [0.2, 0.25) is 0 Å². The zero-order chi connectivity index (χ0) is 17.3. The SMILES string of the molecule is CS(=O)(=O)c1nc2nc(I)c(C(=O)OCc3ccccc3)cc2[nH]1. The lowest BCUT2D eigenvalue weighted by molar-refractivity contribution is 0.0471. The van der Waals surface area contributed by atoms with E-state index in [2.05, 4.69) is 15.0 Å². The molecule has 2 heterocycles. The number of aromatic nitrogens is 3. The number of imidazole rings is 1. The maximum Gasteiger partial charge on any atom is 0.341 e. The minimum atomic E-state index is -3.48. The van der Waals surface area contributed by atoms with Crippen LogP contribution in [-0.4, -0.2) is 35.6 Å². The summed E-state index contributed by atoms with van der Waals surface area (Å²) in [7, 11) is -3.48. The second-order valence-corrected chi connectivity index (χ2v) is 8.03. The predicted octanol–water partition coefficient (Wildman–Crippen LogP) is 2.32. The summed E-state index contributed by atoms with van der Waals surface area (Å²) in [5.41, 5.74) is 1.72. The molecule has 0 saturated heterocycles. The smallest absolute Gasteiger partial charge is 0.341 e. The number of pyridine rings is 1. The lowest BCUT2D eigenvalue weighted by Crippen LogP contribution is -2.08. The number of esters is 1. The molecule has 1 N–H and O–H groups in total. The highest BCUT2D eigenvalue weighted by Gasteiger charge is 2.19. The number of carbonyl (C=O) groups excluding carboxylic acids is 1. The molecule has 24 heavy (non-hydrogen) atoms. The predicted molar refractivity (Wildman–Crippen MR) is 95.3 cm³/mol. The number of H-pyrrole nitrogens is 1. The number of sulfone groups is 1. The maximum atomic E-state index is 12.3. The minimum Gasteiger partial charge on any atom is -0.457 e. The second-order valence-electron chi connectivity index (χ2n) is 5.07. The molecule has 7 nitrogen and oxygen atoms in total. The number of rotatable bonds is 4. The van der Waals surface area contributed by atoms with Crippen molar-refractivity contribution in [2.24, 2.45) is 0 Å². The first kappa shape index (κ1) is 16.8. The third kappa shape index (κ3) is 3.56. The summed E-state index contributed by atoms with van der Waals surface area (Å²) in [5, 5.41) is -0.185. The Morgan fingerprint density at radius 2 is 1.96 bits per heavy atom. The van der Waals surface area contributed by atoms with Gasteiger partial charge in [-0.15, -0.1) is 0 Å². The third-order valence-corrected chi connectivity index (χ3v) is 4.91. The van der Waals surface area contributed by atoms with Gasteiger partial charge >= 0.3 is 5.97 Å². The van der Waals surface area contributed by atoms with Crippen LogP contribution in [0, 0.1) is 3.70 Å². The van der Waals surface area contributed by atoms with Crippen LogP contribution in [0.1, 0.15) is 15.9 Å². The van der Waals surface area contributed by atoms with Gasteiger partial charge in [0.15, 0.2) is 5.65 Å². The number of halogens is 1. The molecule has 3 rings (SSSR count). The molecule has 0 radical (unpaired) electrons. The fourth-order valence-electron chi connectivity index (χ4n) is 2.02. The van der Waals surface area contributed by atoms with Crippen LogP contribution in [0.4, 0.5) is 0 Å². The Hall–Kier alpha value is -2.01. The van der Waals surface area contributed by atoms with Crippen molar-refractivity contribution in [3.05, 3.63) is 51.2 Å². The Bertz CT molecular complexity index is 1020. The summed E-state index contributed by atoms with van der Waals surface area (Å²) in [6.45, 7) is 0.144. The van der Waals surface area contributed by atoms with Crippen LogP contribution in [0.15, 0.2) is 41.6 Å². The fourth-order valence-corrected chi connectivity index (χ4v) is 3.17. The fraction of sp³-hybridized carbons (Fsp3) is 0.133. The number of aromatic amines is 1. The molecular weight excluding hydrogens is 445 g/mol. The van der Waals surface area contributed by atoms with Gasteiger partial charge in [-0.2, -0.15) is 4.98 Å². The van der Waals surface area contributed by atoms with Crippen molar-refractivity contribution in [3.63, 3.8) is 0 Å². The molecule has 9 heteroatoms. The molecule has 1 aromatic carbocycles. The van der Waals surface area contributed by atoms with Gasteiger partial charge in [-0.05, 0) is 34.2 Å². The lowest BCUT2D eigenvalue weighted by atomic mass is 10.2. The number of carbonyl (C=O) groups is 1. The largest absolute Gasteiger partial charge is 0.457 e. The van der Waals surface area contributed by atoms with Crippen LogP contribution in [0.5, 0.6) is 0 Å². The van der Waals surface area contributed by atoms with Gasteiger partial charge in [0.2, 0.25) is 15.0 Å². The molecule has 0 amide bonds. The molecule has 0 unspecified atom stereocenters. The molecule has 0 aliphatic heterocycles. The second kappa shape index (κ2) is 6.48. The number of nitrogens with one attached hydrogen (secondary N) is 1. The normalized spacial score (nSPS) is 11.6. The monoisotopic (exact) mass is 457 g/mol. The van der Waals surface area contributed by atoms with Gasteiger partial charge in [0.1, 0.15) is 10.3 Å². The summed E-state index contributed by atoms with van der Waals surface area (Å²) in [6.07, 6.45) is 1.05. The third-order valence-electron chi connectivity index (χ3n) is 3.19. The highest BCUT2D eigenvalue weighted by atomic mass is 127. The summed E-state index contributed by atoms with van der Waals surface area (Å²) >= 11 is 1.89. The Labute approximate surface area is 151 Å². The first-order chi connectivity index (χ1) is 11.3. The van der Waals surface area contributed by atoms with Crippen LogP contribution < -0.4 is 0 Å². The summed E-state index contributed by atoms with van der Waals surface area (Å²) in [5.74, 6) is -0.534. The molecule has 3 aromatic rings. The molecule has 0 bridgehead atoms. The number of nitrogens with zero attached hydrogens (tertiary/aromatic N) is 2. The summed E-state index contributed by atoms with van der Waals surface area (Å²) in [4.78, 5) is 23.0. The standard InChI is InChI=1S/C15H12IN3O4S/c1-24(21,22)15-17-11-7-10(12(16)18-13(11)19-15)14(20)23-8-9-5-3-2-4-6-9/h2-7H,8H2,1H3,(H,17,18,19). The van der Waals surface area contributed by atoms with Crippen molar-refractivity contribution in [1.29, 1.82) is 0 Å². The molecule has 0 atom stereocenters. The van der Waals surface area contributed by atoms with E-state index in [1.54, 1.807) is 0 Å². The quantitative estimate of drug-likeness (QED) is 0.367. The Balaban J connectivity index is 1.88. The molecule has 0 saturated carbocycles. The van der Waals surface area contributed by atoms with E-state index in [1.807, 2.05) is 52.9 Å². The first-order valence-corrected chi connectivity index (χ1v) is 9.79. The molecule has 0 spiro atoms. The molecule has 2 aromatic heterocycles. The highest BCUT2D eigenvalue weighted by Crippen LogP contribution is 2.19. The van der Waals surface area contributed by atoms with Gasteiger partial charge in [-0.1, -0.05) is 30.3 Å². The molecule has 124 valence electrons. The van der Waals surface area contributed by atoms with Crippen molar-refractivity contribution >= 4 is 49.6 Å². The van der Waals surface area contributed by atoms with Gasteiger partial charge in [0, 0.05) is 6.26 Å². The Kier molecular flexibility index (Phi) is 4.54. The van der Waals surface area contributed by atoms with E-state index in [4.69, 9.17) is 4.74 Å². The number of fused-ring (bicyclic) bond motifs is 1. The maximum absolute atomic E-state index is 12.3. The zero-order valence-electron chi connectivity index (χ0n) is 12.5. The topological polar surface area (TPSA) is 102 Å². The average molecular weight is 457 g/mol. The highest BCUT2D eigenvalue weighted by molar-refractivity contribution is 14.1. The molecule has 0 fully saturated rings. The number of ether oxygens (including phenoxy) is 1. The van der Waals surface area contributed by atoms with Crippen molar-refractivity contribution in [3.8, 4) is 0 Å². The average Bonchev–Trinajstić information content (AvgIpc) is 2.96. The number of hydrogen-bond acceptors (Lipinski definition) is 6. The van der Waals surface area contributed by atoms with Gasteiger partial charge in [0.05, 0.1) is 11.1 Å². The Morgan fingerprint density at radius 1 is 1.25 bits per heavy atom. The van der Waals surface area contributed by atoms with Gasteiger partial charge < -0.3 is 9.72 Å². The Morgan fingerprint density at radius 3 is 2.62 bits per heavy atom. The van der Waals surface area contributed by atoms with E-state index in [1.165, 1.54) is 6.07 Å². The van der Waals surface area contributed by atoms with Gasteiger partial charge in [-0.3, -0.25) is 0 Å². The lowest BCUT2D eigenvalue weighted by Gasteiger charge is -2.06.